The summed E-state index contributed by atoms with van der Waals surface area (Å²) in [5, 5.41) is 11.1. The molecule has 22 heavy (non-hydrogen) atoms. The fraction of sp³-hybridized carbons (Fsp3) is 0.579. The normalized spacial score (nSPS) is 26.6. The molecule has 0 radical (unpaired) electrons. The SMILES string of the molecule is CCC(CO)[C@H]1CCN2CCc3c([nH]c4ccccc34)[C@@H]2C1. The number of aromatic nitrogens is 1. The van der Waals surface area contributed by atoms with Gasteiger partial charge in [-0.25, -0.2) is 0 Å². The molecule has 0 spiro atoms. The lowest BCUT2D eigenvalue weighted by molar-refractivity contribution is 0.0557. The van der Waals surface area contributed by atoms with E-state index < -0.39 is 0 Å². The molecule has 1 saturated heterocycles. The third kappa shape index (κ3) is 2.19. The Hall–Kier alpha value is -1.32. The number of aromatic amines is 1. The molecule has 3 heteroatoms. The summed E-state index contributed by atoms with van der Waals surface area (Å²) in [6.45, 7) is 4.92. The Morgan fingerprint density at radius 3 is 3.00 bits per heavy atom. The quantitative estimate of drug-likeness (QED) is 0.910. The molecular weight excluding hydrogens is 272 g/mol. The number of hydrogen-bond acceptors (Lipinski definition) is 2. The summed E-state index contributed by atoms with van der Waals surface area (Å²) in [6.07, 6.45) is 4.69. The molecular formula is C19H26N2O. The molecule has 1 fully saturated rings. The van der Waals surface area contributed by atoms with Crippen molar-refractivity contribution >= 4 is 10.9 Å². The molecule has 2 aliphatic heterocycles. The van der Waals surface area contributed by atoms with Crippen LogP contribution < -0.4 is 0 Å². The van der Waals surface area contributed by atoms with Gasteiger partial charge >= 0.3 is 0 Å². The highest BCUT2D eigenvalue weighted by Gasteiger charge is 2.37. The van der Waals surface area contributed by atoms with Crippen LogP contribution in [-0.4, -0.2) is 34.7 Å². The number of aliphatic hydroxyl groups is 1. The molecule has 0 bridgehead atoms. The summed E-state index contributed by atoms with van der Waals surface area (Å²) in [4.78, 5) is 6.36. The molecule has 118 valence electrons. The largest absolute Gasteiger partial charge is 0.396 e. The van der Waals surface area contributed by atoms with Gasteiger partial charge in [-0.1, -0.05) is 31.5 Å². The van der Waals surface area contributed by atoms with Crippen molar-refractivity contribution in [3.8, 4) is 0 Å². The lowest BCUT2D eigenvalue weighted by Gasteiger charge is -2.44. The van der Waals surface area contributed by atoms with E-state index in [1.165, 1.54) is 48.1 Å². The van der Waals surface area contributed by atoms with E-state index in [-0.39, 0.29) is 0 Å². The standard InChI is InChI=1S/C19H26N2O/c1-2-13(12-22)14-7-9-21-10-8-16-15-5-3-4-6-17(15)20-19(16)18(21)11-14/h3-6,13-14,18,20,22H,2,7-12H2,1H3/t13?,14-,18-/m0/s1. The van der Waals surface area contributed by atoms with Gasteiger partial charge in [-0.05, 0) is 49.3 Å². The third-order valence-electron chi connectivity index (χ3n) is 6.01. The van der Waals surface area contributed by atoms with Gasteiger partial charge in [0.15, 0.2) is 0 Å². The average molecular weight is 298 g/mol. The lowest BCUT2D eigenvalue weighted by Crippen LogP contribution is -2.43. The Kier molecular flexibility index (Phi) is 3.71. The van der Waals surface area contributed by atoms with Gasteiger partial charge in [-0.2, -0.15) is 0 Å². The Balaban J connectivity index is 1.69. The first kappa shape index (κ1) is 14.3. The van der Waals surface area contributed by atoms with Crippen molar-refractivity contribution in [1.29, 1.82) is 0 Å². The van der Waals surface area contributed by atoms with E-state index in [0.717, 1.165) is 12.8 Å². The fourth-order valence-electron chi connectivity index (χ4n) is 4.68. The van der Waals surface area contributed by atoms with Crippen molar-refractivity contribution in [2.24, 2.45) is 11.8 Å². The van der Waals surface area contributed by atoms with Gasteiger partial charge in [0.25, 0.3) is 0 Å². The number of nitrogens with one attached hydrogen (secondary N) is 1. The van der Waals surface area contributed by atoms with Crippen molar-refractivity contribution in [3.05, 3.63) is 35.5 Å². The van der Waals surface area contributed by atoms with Gasteiger partial charge in [-0.3, -0.25) is 4.90 Å². The van der Waals surface area contributed by atoms with Crippen LogP contribution in [0.3, 0.4) is 0 Å². The van der Waals surface area contributed by atoms with Crippen LogP contribution in [0.15, 0.2) is 24.3 Å². The zero-order chi connectivity index (χ0) is 15.1. The number of rotatable bonds is 3. The first-order valence-electron chi connectivity index (χ1n) is 8.76. The smallest absolute Gasteiger partial charge is 0.0504 e. The molecule has 1 aromatic carbocycles. The molecule has 2 aromatic rings. The number of hydrogen-bond donors (Lipinski definition) is 2. The zero-order valence-corrected chi connectivity index (χ0v) is 13.4. The van der Waals surface area contributed by atoms with Crippen molar-refractivity contribution in [2.75, 3.05) is 19.7 Å². The molecule has 1 aromatic heterocycles. The highest BCUT2D eigenvalue weighted by atomic mass is 16.3. The lowest BCUT2D eigenvalue weighted by atomic mass is 9.77. The van der Waals surface area contributed by atoms with Gasteiger partial charge in [0.2, 0.25) is 0 Å². The second kappa shape index (κ2) is 5.71. The van der Waals surface area contributed by atoms with E-state index >= 15 is 0 Å². The average Bonchev–Trinajstić information content (AvgIpc) is 2.95. The van der Waals surface area contributed by atoms with Gasteiger partial charge in [-0.15, -0.1) is 0 Å². The zero-order valence-electron chi connectivity index (χ0n) is 13.4. The van der Waals surface area contributed by atoms with E-state index in [9.17, 15) is 5.11 Å². The summed E-state index contributed by atoms with van der Waals surface area (Å²) in [7, 11) is 0. The van der Waals surface area contributed by atoms with Gasteiger partial charge in [0.05, 0.1) is 6.04 Å². The van der Waals surface area contributed by atoms with Crippen LogP contribution in [0.25, 0.3) is 10.9 Å². The minimum Gasteiger partial charge on any atom is -0.396 e. The predicted octanol–water partition coefficient (Wildman–Crippen LogP) is 3.50. The van der Waals surface area contributed by atoms with E-state index in [4.69, 9.17) is 0 Å². The molecule has 3 nitrogen and oxygen atoms in total. The summed E-state index contributed by atoms with van der Waals surface area (Å²) in [5.41, 5.74) is 4.27. The highest BCUT2D eigenvalue weighted by molar-refractivity contribution is 5.85. The number of fused-ring (bicyclic) bond motifs is 5. The number of benzene rings is 1. The first-order chi connectivity index (χ1) is 10.8. The van der Waals surface area contributed by atoms with Gasteiger partial charge < -0.3 is 10.1 Å². The Morgan fingerprint density at radius 1 is 1.32 bits per heavy atom. The second-order valence-electron chi connectivity index (χ2n) is 7.00. The van der Waals surface area contributed by atoms with Gasteiger partial charge in [0.1, 0.15) is 0 Å². The summed E-state index contributed by atoms with van der Waals surface area (Å²) in [6, 6.07) is 9.23. The van der Waals surface area contributed by atoms with E-state index in [0.29, 0.717) is 24.5 Å². The van der Waals surface area contributed by atoms with Crippen LogP contribution in [0.5, 0.6) is 0 Å². The minimum atomic E-state index is 0.341. The summed E-state index contributed by atoms with van der Waals surface area (Å²) >= 11 is 0. The number of nitrogens with zero attached hydrogens (tertiary/aromatic N) is 1. The molecule has 4 rings (SSSR count). The van der Waals surface area contributed by atoms with Crippen LogP contribution in [-0.2, 0) is 6.42 Å². The van der Waals surface area contributed by atoms with Crippen molar-refractivity contribution in [3.63, 3.8) is 0 Å². The maximum Gasteiger partial charge on any atom is 0.0504 e. The molecule has 2 N–H and O–H groups in total. The number of para-hydroxylation sites is 1. The third-order valence-corrected chi connectivity index (χ3v) is 6.01. The summed E-state index contributed by atoms with van der Waals surface area (Å²) < 4.78 is 0. The maximum absolute atomic E-state index is 9.66. The van der Waals surface area contributed by atoms with Crippen LogP contribution >= 0.6 is 0 Å². The molecule has 2 aliphatic rings. The van der Waals surface area contributed by atoms with E-state index in [2.05, 4.69) is 41.1 Å². The number of aliphatic hydroxyl groups excluding tert-OH is 1. The van der Waals surface area contributed by atoms with Crippen molar-refractivity contribution in [2.45, 2.75) is 38.6 Å². The predicted molar refractivity (Wildman–Crippen MR) is 89.9 cm³/mol. The molecule has 0 saturated carbocycles. The Bertz CT molecular complexity index is 658. The second-order valence-corrected chi connectivity index (χ2v) is 7.00. The molecule has 0 aliphatic carbocycles. The first-order valence-corrected chi connectivity index (χ1v) is 8.76. The monoisotopic (exact) mass is 298 g/mol. The molecule has 0 amide bonds. The topological polar surface area (TPSA) is 39.3 Å². The Morgan fingerprint density at radius 2 is 2.18 bits per heavy atom. The van der Waals surface area contributed by atoms with E-state index in [1.807, 2.05) is 0 Å². The van der Waals surface area contributed by atoms with E-state index in [1.54, 1.807) is 0 Å². The van der Waals surface area contributed by atoms with Crippen LogP contribution in [0.4, 0.5) is 0 Å². The van der Waals surface area contributed by atoms with Crippen LogP contribution in [0.2, 0.25) is 0 Å². The molecule has 3 heterocycles. The molecule has 3 atom stereocenters. The summed E-state index contributed by atoms with van der Waals surface area (Å²) in [5.74, 6) is 1.13. The fourth-order valence-corrected chi connectivity index (χ4v) is 4.68. The maximum atomic E-state index is 9.66. The van der Waals surface area contributed by atoms with Crippen LogP contribution in [0, 0.1) is 11.8 Å². The van der Waals surface area contributed by atoms with Crippen LogP contribution in [0.1, 0.15) is 43.5 Å². The minimum absolute atomic E-state index is 0.341. The highest BCUT2D eigenvalue weighted by Crippen LogP contribution is 2.43. The number of H-pyrrole nitrogens is 1. The van der Waals surface area contributed by atoms with Crippen molar-refractivity contribution < 1.29 is 5.11 Å². The molecule has 1 unspecified atom stereocenters. The number of piperidine rings is 1. The van der Waals surface area contributed by atoms with Crippen molar-refractivity contribution in [1.82, 2.24) is 9.88 Å². The van der Waals surface area contributed by atoms with Gasteiger partial charge in [0, 0.05) is 29.7 Å². The Labute approximate surface area is 132 Å².